The number of pyridine rings is 1. The van der Waals surface area contributed by atoms with Crippen molar-refractivity contribution < 1.29 is 0 Å². The highest BCUT2D eigenvalue weighted by molar-refractivity contribution is 5.73. The molecular weight excluding hydrogens is 246 g/mol. The molecule has 3 nitrogen and oxygen atoms in total. The predicted molar refractivity (Wildman–Crippen MR) is 81.2 cm³/mol. The van der Waals surface area contributed by atoms with Crippen LogP contribution in [0.5, 0.6) is 0 Å². The number of aromatic amines is 1. The molecule has 1 aromatic carbocycles. The Bertz CT molecular complexity index is 732. The van der Waals surface area contributed by atoms with Crippen LogP contribution in [0.15, 0.2) is 61.1 Å². The first kappa shape index (κ1) is 11.3. The van der Waals surface area contributed by atoms with Gasteiger partial charge in [-0.3, -0.25) is 4.98 Å². The van der Waals surface area contributed by atoms with Crippen molar-refractivity contribution in [3.05, 3.63) is 66.6 Å². The number of para-hydroxylation sites is 1. The average Bonchev–Trinajstić information content (AvgIpc) is 3.17. The summed E-state index contributed by atoms with van der Waals surface area (Å²) in [7, 11) is 0. The van der Waals surface area contributed by atoms with Crippen LogP contribution >= 0.6 is 0 Å². The largest absolute Gasteiger partial charge is 0.361 e. The fourth-order valence-corrected chi connectivity index (χ4v) is 2.84. The van der Waals surface area contributed by atoms with E-state index < -0.39 is 0 Å². The van der Waals surface area contributed by atoms with E-state index in [1.165, 1.54) is 11.3 Å². The van der Waals surface area contributed by atoms with E-state index in [2.05, 4.69) is 51.3 Å². The number of nitrogens with one attached hydrogen (secondary N) is 1. The van der Waals surface area contributed by atoms with Crippen molar-refractivity contribution in [2.24, 2.45) is 0 Å². The van der Waals surface area contributed by atoms with Crippen LogP contribution in [-0.4, -0.2) is 16.5 Å². The number of H-pyrrole nitrogens is 1. The van der Waals surface area contributed by atoms with E-state index in [1.54, 1.807) is 0 Å². The van der Waals surface area contributed by atoms with Gasteiger partial charge >= 0.3 is 0 Å². The van der Waals surface area contributed by atoms with Crippen molar-refractivity contribution in [2.75, 3.05) is 11.4 Å². The van der Waals surface area contributed by atoms with Gasteiger partial charge < -0.3 is 9.88 Å². The molecule has 4 rings (SSSR count). The maximum atomic E-state index is 4.40. The molecule has 2 aromatic heterocycles. The zero-order chi connectivity index (χ0) is 13.4. The maximum absolute atomic E-state index is 4.40. The topological polar surface area (TPSA) is 31.9 Å². The van der Waals surface area contributed by atoms with Gasteiger partial charge in [-0.15, -0.1) is 0 Å². The SMILES string of the molecule is c1c[nH]c(-c2cncc(N3CCc4ccccc43)c2)c1. The number of hydrogen-bond donors (Lipinski definition) is 1. The van der Waals surface area contributed by atoms with Gasteiger partial charge in [0.1, 0.15) is 0 Å². The smallest absolute Gasteiger partial charge is 0.0604 e. The molecule has 0 spiro atoms. The van der Waals surface area contributed by atoms with Gasteiger partial charge in [0.05, 0.1) is 11.9 Å². The van der Waals surface area contributed by atoms with Gasteiger partial charge in [-0.2, -0.15) is 0 Å². The standard InChI is InChI=1S/C17H15N3/c1-2-6-17-13(4-1)7-9-20(17)15-10-14(11-18-12-15)16-5-3-8-19-16/h1-6,8,10-12,19H,7,9H2. The second kappa shape index (κ2) is 4.53. The first-order valence-electron chi connectivity index (χ1n) is 6.86. The molecule has 0 saturated heterocycles. The summed E-state index contributed by atoms with van der Waals surface area (Å²) in [6.07, 6.45) is 6.88. The van der Waals surface area contributed by atoms with Gasteiger partial charge in [-0.05, 0) is 36.2 Å². The number of nitrogens with zero attached hydrogens (tertiary/aromatic N) is 2. The lowest BCUT2D eigenvalue weighted by atomic mass is 10.1. The molecule has 0 amide bonds. The number of aromatic nitrogens is 2. The van der Waals surface area contributed by atoms with Crippen molar-refractivity contribution in [1.82, 2.24) is 9.97 Å². The summed E-state index contributed by atoms with van der Waals surface area (Å²) < 4.78 is 0. The Morgan fingerprint density at radius 2 is 2.00 bits per heavy atom. The summed E-state index contributed by atoms with van der Waals surface area (Å²) >= 11 is 0. The van der Waals surface area contributed by atoms with Crippen LogP contribution in [0.1, 0.15) is 5.56 Å². The summed E-state index contributed by atoms with van der Waals surface area (Å²) in [6, 6.07) is 14.9. The lowest BCUT2D eigenvalue weighted by Crippen LogP contribution is -2.13. The minimum atomic E-state index is 1.02. The van der Waals surface area contributed by atoms with Crippen LogP contribution in [0, 0.1) is 0 Å². The predicted octanol–water partition coefficient (Wildman–Crippen LogP) is 3.77. The molecule has 98 valence electrons. The van der Waals surface area contributed by atoms with Gasteiger partial charge in [0.15, 0.2) is 0 Å². The average molecular weight is 261 g/mol. The maximum Gasteiger partial charge on any atom is 0.0604 e. The first-order chi connectivity index (χ1) is 9.92. The van der Waals surface area contributed by atoms with E-state index in [0.29, 0.717) is 0 Å². The van der Waals surface area contributed by atoms with Crippen molar-refractivity contribution in [2.45, 2.75) is 6.42 Å². The number of hydrogen-bond acceptors (Lipinski definition) is 2. The highest BCUT2D eigenvalue weighted by Gasteiger charge is 2.20. The van der Waals surface area contributed by atoms with Gasteiger partial charge in [0, 0.05) is 35.9 Å². The Morgan fingerprint density at radius 3 is 2.90 bits per heavy atom. The zero-order valence-corrected chi connectivity index (χ0v) is 11.1. The molecule has 0 radical (unpaired) electrons. The van der Waals surface area contributed by atoms with Gasteiger partial charge in [-0.1, -0.05) is 18.2 Å². The molecule has 0 unspecified atom stereocenters. The summed E-state index contributed by atoms with van der Waals surface area (Å²) in [5.74, 6) is 0. The van der Waals surface area contributed by atoms with Crippen LogP contribution in [0.2, 0.25) is 0 Å². The summed E-state index contributed by atoms with van der Waals surface area (Å²) in [5, 5.41) is 0. The van der Waals surface area contributed by atoms with E-state index >= 15 is 0 Å². The third-order valence-corrected chi connectivity index (χ3v) is 3.83. The Labute approximate surface area is 117 Å². The van der Waals surface area contributed by atoms with Gasteiger partial charge in [0.2, 0.25) is 0 Å². The Hall–Kier alpha value is -2.55. The molecule has 20 heavy (non-hydrogen) atoms. The van der Waals surface area contributed by atoms with Gasteiger partial charge in [0.25, 0.3) is 0 Å². The summed E-state index contributed by atoms with van der Waals surface area (Å²) in [4.78, 5) is 9.97. The molecule has 1 N–H and O–H groups in total. The molecule has 3 heterocycles. The normalized spacial score (nSPS) is 13.5. The highest BCUT2D eigenvalue weighted by atomic mass is 15.2. The number of fused-ring (bicyclic) bond motifs is 1. The molecule has 0 atom stereocenters. The number of rotatable bonds is 2. The molecule has 3 aromatic rings. The fraction of sp³-hybridized carbons (Fsp3) is 0.118. The Kier molecular flexibility index (Phi) is 2.56. The van der Waals surface area contributed by atoms with E-state index in [9.17, 15) is 0 Å². The van der Waals surface area contributed by atoms with E-state index in [1.807, 2.05) is 24.7 Å². The van der Waals surface area contributed by atoms with Crippen molar-refractivity contribution >= 4 is 11.4 Å². The number of benzene rings is 1. The Balaban J connectivity index is 1.76. The molecule has 0 fully saturated rings. The van der Waals surface area contributed by atoms with Crippen LogP contribution < -0.4 is 4.90 Å². The van der Waals surface area contributed by atoms with E-state index in [0.717, 1.165) is 29.9 Å². The minimum Gasteiger partial charge on any atom is -0.361 e. The van der Waals surface area contributed by atoms with Crippen LogP contribution in [0.4, 0.5) is 11.4 Å². The minimum absolute atomic E-state index is 1.02. The quantitative estimate of drug-likeness (QED) is 0.761. The fourth-order valence-electron chi connectivity index (χ4n) is 2.84. The second-order valence-electron chi connectivity index (χ2n) is 5.05. The monoisotopic (exact) mass is 261 g/mol. The third kappa shape index (κ3) is 1.79. The summed E-state index contributed by atoms with van der Waals surface area (Å²) in [6.45, 7) is 1.02. The molecule has 3 heteroatoms. The zero-order valence-electron chi connectivity index (χ0n) is 11.1. The lowest BCUT2D eigenvalue weighted by molar-refractivity contribution is 0.993. The van der Waals surface area contributed by atoms with Crippen LogP contribution in [0.25, 0.3) is 11.3 Å². The van der Waals surface area contributed by atoms with E-state index in [4.69, 9.17) is 0 Å². The molecule has 1 aliphatic rings. The molecule has 0 aliphatic carbocycles. The van der Waals surface area contributed by atoms with E-state index in [-0.39, 0.29) is 0 Å². The molecule has 0 bridgehead atoms. The lowest BCUT2D eigenvalue weighted by Gasteiger charge is -2.19. The number of anilines is 2. The van der Waals surface area contributed by atoms with Crippen LogP contribution in [0.3, 0.4) is 0 Å². The summed E-state index contributed by atoms with van der Waals surface area (Å²) in [5.41, 5.74) is 6.10. The molecule has 0 saturated carbocycles. The van der Waals surface area contributed by atoms with Crippen LogP contribution in [-0.2, 0) is 6.42 Å². The third-order valence-electron chi connectivity index (χ3n) is 3.83. The first-order valence-corrected chi connectivity index (χ1v) is 6.86. The molecular formula is C17H15N3. The highest BCUT2D eigenvalue weighted by Crippen LogP contribution is 2.35. The van der Waals surface area contributed by atoms with Crippen molar-refractivity contribution in [3.8, 4) is 11.3 Å². The van der Waals surface area contributed by atoms with Gasteiger partial charge in [-0.25, -0.2) is 0 Å². The Morgan fingerprint density at radius 1 is 1.05 bits per heavy atom. The molecule has 1 aliphatic heterocycles. The van der Waals surface area contributed by atoms with Crippen molar-refractivity contribution in [1.29, 1.82) is 0 Å². The van der Waals surface area contributed by atoms with Crippen molar-refractivity contribution in [3.63, 3.8) is 0 Å². The second-order valence-corrected chi connectivity index (χ2v) is 5.05.